The van der Waals surface area contributed by atoms with Gasteiger partial charge in [-0.05, 0) is 37.7 Å². The van der Waals surface area contributed by atoms with Crippen molar-refractivity contribution in [1.29, 1.82) is 0 Å². The molecule has 1 amide bonds. The highest BCUT2D eigenvalue weighted by atomic mass is 16.6. The van der Waals surface area contributed by atoms with Crippen molar-refractivity contribution in [3.8, 4) is 0 Å². The number of nitrogens with two attached hydrogens (primary N) is 2. The molecule has 28 heavy (non-hydrogen) atoms. The van der Waals surface area contributed by atoms with E-state index in [1.807, 2.05) is 13.0 Å². The van der Waals surface area contributed by atoms with Gasteiger partial charge in [0.15, 0.2) is 17.3 Å². The van der Waals surface area contributed by atoms with Gasteiger partial charge in [-0.2, -0.15) is 5.90 Å². The van der Waals surface area contributed by atoms with Gasteiger partial charge < -0.3 is 25.9 Å². The summed E-state index contributed by atoms with van der Waals surface area (Å²) in [5, 5.41) is 6.67. The Kier molecular flexibility index (Phi) is 6.48. The van der Waals surface area contributed by atoms with Crippen molar-refractivity contribution in [2.45, 2.75) is 45.6 Å². The molecule has 1 aromatic heterocycles. The topological polar surface area (TPSA) is 137 Å². The number of aromatic nitrogens is 2. The standard InChI is InChI=1S/C19H28N6O3/c1-3-14-18(22-12-6-8-27-9-7-12)25-19(16(23-14)17(20)26)24-15-10-13(28-21)5-4-11(15)2/h5,10-12H,3-4,6-9,21H2,1-2H3,(H2,20,26)(H2,22,24,25). The Morgan fingerprint density at radius 2 is 2.07 bits per heavy atom. The smallest absolute Gasteiger partial charge is 0.271 e. The average molecular weight is 388 g/mol. The lowest BCUT2D eigenvalue weighted by Crippen LogP contribution is -2.29. The van der Waals surface area contributed by atoms with E-state index in [4.69, 9.17) is 21.2 Å². The number of allylic oxidation sites excluding steroid dienone is 3. The largest absolute Gasteiger partial charge is 0.412 e. The highest BCUT2D eigenvalue weighted by molar-refractivity contribution is 5.96. The number of nitrogens with one attached hydrogen (secondary N) is 2. The van der Waals surface area contributed by atoms with E-state index in [-0.39, 0.29) is 17.7 Å². The SMILES string of the molecule is CCc1nc(C(N)=O)c(NC2=CC(ON)=CCC2C)nc1NC1CCOCC1. The van der Waals surface area contributed by atoms with Crippen molar-refractivity contribution in [2.24, 2.45) is 17.5 Å². The molecule has 1 fully saturated rings. The van der Waals surface area contributed by atoms with Crippen LogP contribution >= 0.6 is 0 Å². The minimum Gasteiger partial charge on any atom is -0.412 e. The molecule has 1 aliphatic heterocycles. The molecule has 2 heterocycles. The number of ether oxygens (including phenoxy) is 1. The van der Waals surface area contributed by atoms with Crippen molar-refractivity contribution in [3.63, 3.8) is 0 Å². The molecule has 1 aromatic rings. The molecule has 1 unspecified atom stereocenters. The zero-order valence-corrected chi connectivity index (χ0v) is 16.3. The molecular formula is C19H28N6O3. The predicted octanol–water partition coefficient (Wildman–Crippen LogP) is 1.84. The van der Waals surface area contributed by atoms with Crippen LogP contribution < -0.4 is 22.3 Å². The van der Waals surface area contributed by atoms with Crippen LogP contribution in [0.1, 0.15) is 49.3 Å². The third-order valence-electron chi connectivity index (χ3n) is 5.00. The van der Waals surface area contributed by atoms with E-state index in [0.29, 0.717) is 29.5 Å². The van der Waals surface area contributed by atoms with Crippen LogP contribution in [0.4, 0.5) is 11.6 Å². The summed E-state index contributed by atoms with van der Waals surface area (Å²) < 4.78 is 5.42. The molecule has 3 rings (SSSR count). The van der Waals surface area contributed by atoms with E-state index >= 15 is 0 Å². The molecule has 152 valence electrons. The van der Waals surface area contributed by atoms with Crippen LogP contribution in [0.15, 0.2) is 23.6 Å². The molecule has 6 N–H and O–H groups in total. The first-order chi connectivity index (χ1) is 13.5. The molecule has 9 nitrogen and oxygen atoms in total. The van der Waals surface area contributed by atoms with Gasteiger partial charge in [-0.15, -0.1) is 0 Å². The number of nitrogens with zero attached hydrogens (tertiary/aromatic N) is 2. The van der Waals surface area contributed by atoms with E-state index in [0.717, 1.165) is 38.2 Å². The molecule has 1 saturated heterocycles. The van der Waals surface area contributed by atoms with Crippen molar-refractivity contribution in [3.05, 3.63) is 35.0 Å². The average Bonchev–Trinajstić information content (AvgIpc) is 2.70. The predicted molar refractivity (Wildman–Crippen MR) is 106 cm³/mol. The van der Waals surface area contributed by atoms with Crippen LogP contribution in [-0.2, 0) is 16.0 Å². The Balaban J connectivity index is 1.93. The summed E-state index contributed by atoms with van der Waals surface area (Å²) in [5.74, 6) is 6.39. The van der Waals surface area contributed by atoms with Gasteiger partial charge in [0.2, 0.25) is 0 Å². The summed E-state index contributed by atoms with van der Waals surface area (Å²) in [5.41, 5.74) is 7.23. The third-order valence-corrected chi connectivity index (χ3v) is 5.00. The van der Waals surface area contributed by atoms with Crippen LogP contribution in [0.3, 0.4) is 0 Å². The fourth-order valence-electron chi connectivity index (χ4n) is 3.28. The quantitative estimate of drug-likeness (QED) is 0.519. The lowest BCUT2D eigenvalue weighted by Gasteiger charge is -2.26. The molecule has 1 atom stereocenters. The first kappa shape index (κ1) is 20.1. The maximum atomic E-state index is 12.0. The maximum Gasteiger partial charge on any atom is 0.271 e. The molecule has 0 bridgehead atoms. The zero-order chi connectivity index (χ0) is 20.1. The Morgan fingerprint density at radius 1 is 1.32 bits per heavy atom. The molecule has 2 aliphatic rings. The van der Waals surface area contributed by atoms with Crippen molar-refractivity contribution < 1.29 is 14.4 Å². The second kappa shape index (κ2) is 9.03. The second-order valence-electron chi connectivity index (χ2n) is 7.05. The maximum absolute atomic E-state index is 12.0. The van der Waals surface area contributed by atoms with Gasteiger partial charge in [-0.3, -0.25) is 4.79 Å². The van der Waals surface area contributed by atoms with Gasteiger partial charge in [-0.25, -0.2) is 9.97 Å². The van der Waals surface area contributed by atoms with Crippen molar-refractivity contribution in [1.82, 2.24) is 9.97 Å². The highest BCUT2D eigenvalue weighted by Crippen LogP contribution is 2.27. The van der Waals surface area contributed by atoms with Gasteiger partial charge in [-0.1, -0.05) is 13.8 Å². The summed E-state index contributed by atoms with van der Waals surface area (Å²) >= 11 is 0. The van der Waals surface area contributed by atoms with Crippen molar-refractivity contribution >= 4 is 17.5 Å². The molecule has 0 spiro atoms. The molecular weight excluding hydrogens is 360 g/mol. The summed E-state index contributed by atoms with van der Waals surface area (Å²) in [7, 11) is 0. The number of carbonyl (C=O) groups is 1. The van der Waals surface area contributed by atoms with Gasteiger partial charge in [0.25, 0.3) is 5.91 Å². The minimum atomic E-state index is -0.628. The monoisotopic (exact) mass is 388 g/mol. The summed E-state index contributed by atoms with van der Waals surface area (Å²) in [4.78, 5) is 26.0. The Hall–Kier alpha value is -2.65. The summed E-state index contributed by atoms with van der Waals surface area (Å²) in [6.45, 7) is 5.46. The first-order valence-electron chi connectivity index (χ1n) is 9.62. The lowest BCUT2D eigenvalue weighted by molar-refractivity contribution is 0.0903. The fourth-order valence-corrected chi connectivity index (χ4v) is 3.28. The molecule has 1 aliphatic carbocycles. The fraction of sp³-hybridized carbons (Fsp3) is 0.526. The first-order valence-corrected chi connectivity index (χ1v) is 9.62. The minimum absolute atomic E-state index is 0.118. The Bertz CT molecular complexity index is 786. The van der Waals surface area contributed by atoms with Crippen LogP contribution in [0.2, 0.25) is 0 Å². The summed E-state index contributed by atoms with van der Waals surface area (Å²) in [6.07, 6.45) is 6.89. The van der Waals surface area contributed by atoms with E-state index in [9.17, 15) is 4.79 Å². The number of hydrogen-bond acceptors (Lipinski definition) is 8. The number of hydrogen-bond donors (Lipinski definition) is 4. The van der Waals surface area contributed by atoms with Gasteiger partial charge in [0.05, 0.1) is 5.69 Å². The van der Waals surface area contributed by atoms with E-state index < -0.39 is 5.91 Å². The van der Waals surface area contributed by atoms with Crippen molar-refractivity contribution in [2.75, 3.05) is 23.8 Å². The number of primary amides is 1. The third kappa shape index (κ3) is 4.60. The van der Waals surface area contributed by atoms with E-state index in [2.05, 4.69) is 27.5 Å². The highest BCUT2D eigenvalue weighted by Gasteiger charge is 2.23. The second-order valence-corrected chi connectivity index (χ2v) is 7.05. The Labute approximate surface area is 164 Å². The number of amides is 1. The van der Waals surface area contributed by atoms with Gasteiger partial charge in [0, 0.05) is 31.0 Å². The van der Waals surface area contributed by atoms with Gasteiger partial charge >= 0.3 is 0 Å². The lowest BCUT2D eigenvalue weighted by atomic mass is 9.98. The van der Waals surface area contributed by atoms with Crippen LogP contribution in [0.25, 0.3) is 0 Å². The van der Waals surface area contributed by atoms with E-state index in [1.54, 1.807) is 6.08 Å². The van der Waals surface area contributed by atoms with Crippen LogP contribution in [-0.4, -0.2) is 35.1 Å². The Morgan fingerprint density at radius 3 is 2.71 bits per heavy atom. The molecule has 9 heteroatoms. The van der Waals surface area contributed by atoms with Crippen LogP contribution in [0.5, 0.6) is 0 Å². The van der Waals surface area contributed by atoms with Crippen LogP contribution in [0, 0.1) is 5.92 Å². The molecule has 0 saturated carbocycles. The zero-order valence-electron chi connectivity index (χ0n) is 16.3. The van der Waals surface area contributed by atoms with E-state index in [1.165, 1.54) is 0 Å². The normalized spacial score (nSPS) is 20.2. The number of carbonyl (C=O) groups excluding carboxylic acids is 1. The number of aryl methyl sites for hydroxylation is 1. The number of anilines is 2. The summed E-state index contributed by atoms with van der Waals surface area (Å²) in [6, 6.07) is 0.258. The van der Waals surface area contributed by atoms with Gasteiger partial charge in [0.1, 0.15) is 5.76 Å². The molecule has 0 radical (unpaired) electrons. The number of rotatable bonds is 7. The molecule has 0 aromatic carbocycles.